The van der Waals surface area contributed by atoms with Crippen molar-refractivity contribution in [3.8, 4) is 0 Å². The van der Waals surface area contributed by atoms with Crippen LogP contribution in [0.25, 0.3) is 0 Å². The lowest BCUT2D eigenvalue weighted by atomic mass is 10.0. The number of hydroxylamine groups is 2. The van der Waals surface area contributed by atoms with Gasteiger partial charge in [-0.2, -0.15) is 13.5 Å². The van der Waals surface area contributed by atoms with E-state index in [9.17, 15) is 13.2 Å². The SMILES string of the molecule is N[C@H]1CN[C@H](c2nnc([C@@H]3CC[C@H]4CN3C(=O)N4OS(=O)(=O)O)o2)C1. The first-order valence-electron chi connectivity index (χ1n) is 7.91. The second-order valence-electron chi connectivity index (χ2n) is 6.45. The number of aromatic nitrogens is 2. The minimum absolute atomic E-state index is 0.0297. The van der Waals surface area contributed by atoms with Crippen molar-refractivity contribution in [2.75, 3.05) is 13.1 Å². The summed E-state index contributed by atoms with van der Waals surface area (Å²) in [4.78, 5) is 13.8. The van der Waals surface area contributed by atoms with E-state index in [-0.39, 0.29) is 24.5 Å². The van der Waals surface area contributed by atoms with Crippen LogP contribution in [-0.4, -0.2) is 64.3 Å². The summed E-state index contributed by atoms with van der Waals surface area (Å²) in [6.45, 7) is 0.920. The largest absolute Gasteiger partial charge is 0.421 e. The predicted octanol–water partition coefficient (Wildman–Crippen LogP) is -0.893. The lowest BCUT2D eigenvalue weighted by molar-refractivity contribution is -0.0317. The first-order chi connectivity index (χ1) is 11.8. The molecule has 4 heterocycles. The van der Waals surface area contributed by atoms with Gasteiger partial charge in [0.2, 0.25) is 11.8 Å². The fourth-order valence-electron chi connectivity index (χ4n) is 3.56. The van der Waals surface area contributed by atoms with Gasteiger partial charge >= 0.3 is 16.4 Å². The molecule has 3 fully saturated rings. The summed E-state index contributed by atoms with van der Waals surface area (Å²) < 4.78 is 40.8. The van der Waals surface area contributed by atoms with E-state index in [1.54, 1.807) is 0 Å². The molecule has 4 N–H and O–H groups in total. The number of amides is 2. The number of piperidine rings is 1. The maximum Gasteiger partial charge on any atom is 0.418 e. The zero-order valence-corrected chi connectivity index (χ0v) is 13.9. The fraction of sp³-hybridized carbons (Fsp3) is 0.750. The molecular weight excluding hydrogens is 356 g/mol. The van der Waals surface area contributed by atoms with Crippen LogP contribution in [0.4, 0.5) is 4.79 Å². The van der Waals surface area contributed by atoms with E-state index >= 15 is 0 Å². The van der Waals surface area contributed by atoms with E-state index in [0.29, 0.717) is 36.8 Å². The Hall–Kier alpha value is -1.80. The fourth-order valence-corrected chi connectivity index (χ4v) is 3.95. The first kappa shape index (κ1) is 16.7. The van der Waals surface area contributed by atoms with E-state index in [0.717, 1.165) is 0 Å². The van der Waals surface area contributed by atoms with Crippen LogP contribution in [0.15, 0.2) is 4.42 Å². The molecule has 0 aliphatic carbocycles. The number of nitrogens with one attached hydrogen (secondary N) is 1. The van der Waals surface area contributed by atoms with Crippen molar-refractivity contribution in [2.24, 2.45) is 5.73 Å². The number of nitrogens with two attached hydrogens (primary N) is 1. The quantitative estimate of drug-likeness (QED) is 0.563. The Labute approximate surface area is 143 Å². The van der Waals surface area contributed by atoms with Crippen molar-refractivity contribution < 1.29 is 26.5 Å². The second kappa shape index (κ2) is 5.88. The normalized spacial score (nSPS) is 32.6. The van der Waals surface area contributed by atoms with Crippen LogP contribution in [0.2, 0.25) is 0 Å². The molecular formula is C12H18N6O6S. The predicted molar refractivity (Wildman–Crippen MR) is 80.0 cm³/mol. The highest BCUT2D eigenvalue weighted by Gasteiger charge is 2.49. The van der Waals surface area contributed by atoms with Crippen LogP contribution in [0.3, 0.4) is 0 Å². The second-order valence-corrected chi connectivity index (χ2v) is 7.45. The van der Waals surface area contributed by atoms with Gasteiger partial charge in [0.05, 0.1) is 12.1 Å². The zero-order chi connectivity index (χ0) is 17.8. The van der Waals surface area contributed by atoms with Crippen molar-refractivity contribution in [3.63, 3.8) is 0 Å². The minimum atomic E-state index is -4.77. The molecule has 0 aromatic carbocycles. The summed E-state index contributed by atoms with van der Waals surface area (Å²) in [6.07, 6.45) is 1.68. The monoisotopic (exact) mass is 374 g/mol. The van der Waals surface area contributed by atoms with Gasteiger partial charge in [-0.25, -0.2) is 4.79 Å². The number of urea groups is 1. The topological polar surface area (TPSA) is 164 Å². The molecule has 2 bridgehead atoms. The van der Waals surface area contributed by atoms with Crippen molar-refractivity contribution in [2.45, 2.75) is 43.4 Å². The minimum Gasteiger partial charge on any atom is -0.421 e. The average Bonchev–Trinajstić information content (AvgIpc) is 3.23. The number of hydrogen-bond acceptors (Lipinski definition) is 9. The van der Waals surface area contributed by atoms with Gasteiger partial charge in [-0.05, 0) is 19.3 Å². The summed E-state index contributed by atoms with van der Waals surface area (Å²) in [5, 5.41) is 12.0. The number of nitrogens with zero attached hydrogens (tertiary/aromatic N) is 4. The van der Waals surface area contributed by atoms with Crippen molar-refractivity contribution in [1.29, 1.82) is 0 Å². The molecule has 2 amide bonds. The number of carbonyl (C=O) groups excluding carboxylic acids is 1. The molecule has 3 saturated heterocycles. The lowest BCUT2D eigenvalue weighted by Crippen LogP contribution is -2.35. The van der Waals surface area contributed by atoms with Gasteiger partial charge in [0, 0.05) is 19.1 Å². The number of carbonyl (C=O) groups is 1. The van der Waals surface area contributed by atoms with Gasteiger partial charge in [-0.1, -0.05) is 0 Å². The Morgan fingerprint density at radius 3 is 2.76 bits per heavy atom. The molecule has 0 saturated carbocycles. The van der Waals surface area contributed by atoms with Crippen molar-refractivity contribution in [1.82, 2.24) is 25.5 Å². The number of hydrogen-bond donors (Lipinski definition) is 3. The highest BCUT2D eigenvalue weighted by Crippen LogP contribution is 2.38. The standard InChI is InChI=1S/C12H18N6O6S/c13-6-3-8(14-4-6)10-15-16-11(23-10)9-2-1-7-5-17(9)12(19)18(7)24-25(20,21)22/h6-9,14H,1-5,13H2,(H,20,21,22)/t6-,7+,8+,9+/m1/s1. The molecule has 0 unspecified atom stereocenters. The summed E-state index contributed by atoms with van der Waals surface area (Å²) in [5.41, 5.74) is 5.85. The molecule has 138 valence electrons. The Bertz CT molecular complexity index is 783. The van der Waals surface area contributed by atoms with Crippen molar-refractivity contribution >= 4 is 16.4 Å². The molecule has 0 radical (unpaired) electrons. The Kier molecular flexibility index (Phi) is 3.92. The van der Waals surface area contributed by atoms with E-state index in [1.807, 2.05) is 0 Å². The van der Waals surface area contributed by atoms with Gasteiger partial charge in [0.1, 0.15) is 6.04 Å². The maximum atomic E-state index is 12.4. The molecule has 1 aromatic heterocycles. The third-order valence-corrected chi connectivity index (χ3v) is 5.05. The van der Waals surface area contributed by atoms with Crippen LogP contribution >= 0.6 is 0 Å². The highest BCUT2D eigenvalue weighted by atomic mass is 32.3. The van der Waals surface area contributed by atoms with E-state index in [1.165, 1.54) is 4.90 Å². The Morgan fingerprint density at radius 2 is 2.08 bits per heavy atom. The van der Waals surface area contributed by atoms with E-state index < -0.39 is 28.5 Å². The Morgan fingerprint density at radius 1 is 1.32 bits per heavy atom. The van der Waals surface area contributed by atoms with Crippen LogP contribution < -0.4 is 11.1 Å². The first-order valence-corrected chi connectivity index (χ1v) is 9.27. The molecule has 1 aromatic rings. The van der Waals surface area contributed by atoms with Crippen LogP contribution in [0.1, 0.15) is 43.1 Å². The summed E-state index contributed by atoms with van der Waals surface area (Å²) >= 11 is 0. The molecule has 3 aliphatic rings. The average molecular weight is 374 g/mol. The Balaban J connectivity index is 1.51. The maximum absolute atomic E-state index is 12.4. The molecule has 4 atom stereocenters. The third kappa shape index (κ3) is 3.08. The smallest absolute Gasteiger partial charge is 0.418 e. The highest BCUT2D eigenvalue weighted by molar-refractivity contribution is 7.80. The third-order valence-electron chi connectivity index (χ3n) is 4.70. The summed E-state index contributed by atoms with van der Waals surface area (Å²) in [6, 6.07) is -1.66. The number of rotatable bonds is 4. The molecule has 12 nitrogen and oxygen atoms in total. The molecule has 0 spiro atoms. The van der Waals surface area contributed by atoms with Gasteiger partial charge in [-0.15, -0.1) is 14.5 Å². The van der Waals surface area contributed by atoms with E-state index in [4.69, 9.17) is 14.7 Å². The molecule has 13 heteroatoms. The number of fused-ring (bicyclic) bond motifs is 2. The molecule has 3 aliphatic heterocycles. The van der Waals surface area contributed by atoms with Gasteiger partial charge < -0.3 is 20.4 Å². The lowest BCUT2D eigenvalue weighted by Gasteiger charge is -2.27. The molecule has 4 rings (SSSR count). The van der Waals surface area contributed by atoms with Crippen molar-refractivity contribution in [3.05, 3.63) is 11.8 Å². The molecule has 25 heavy (non-hydrogen) atoms. The zero-order valence-electron chi connectivity index (χ0n) is 13.1. The van der Waals surface area contributed by atoms with E-state index in [2.05, 4.69) is 19.8 Å². The summed E-state index contributed by atoms with van der Waals surface area (Å²) in [7, 11) is -4.77. The van der Waals surface area contributed by atoms with Crippen LogP contribution in [0, 0.1) is 0 Å². The van der Waals surface area contributed by atoms with Gasteiger partial charge in [0.25, 0.3) is 0 Å². The van der Waals surface area contributed by atoms with Gasteiger partial charge in [0.15, 0.2) is 0 Å². The van der Waals surface area contributed by atoms with Gasteiger partial charge in [-0.3, -0.25) is 4.55 Å². The van der Waals surface area contributed by atoms with Crippen LogP contribution in [0.5, 0.6) is 0 Å². The van der Waals surface area contributed by atoms with Crippen LogP contribution in [-0.2, 0) is 14.7 Å². The summed E-state index contributed by atoms with van der Waals surface area (Å²) in [5.74, 6) is 0.709.